The van der Waals surface area contributed by atoms with Gasteiger partial charge in [0.1, 0.15) is 18.0 Å². The molecule has 2 rings (SSSR count). The summed E-state index contributed by atoms with van der Waals surface area (Å²) in [4.78, 5) is 25.8. The van der Waals surface area contributed by atoms with Crippen molar-refractivity contribution in [1.82, 2.24) is 10.3 Å². The summed E-state index contributed by atoms with van der Waals surface area (Å²) in [6.45, 7) is 2.12. The number of hydrogen-bond donors (Lipinski definition) is 1. The van der Waals surface area contributed by atoms with Crippen LogP contribution in [0.25, 0.3) is 0 Å². The molecule has 0 aliphatic carbocycles. The van der Waals surface area contributed by atoms with E-state index in [1.807, 2.05) is 30.3 Å². The first-order valence-electron chi connectivity index (χ1n) is 7.61. The number of aryl methyl sites for hydroxylation is 1. The molecule has 7 heteroatoms. The number of carbonyl (C=O) groups excluding carboxylic acids is 1. The Labute approximate surface area is 145 Å². The second-order valence-corrected chi connectivity index (χ2v) is 5.10. The Bertz CT molecular complexity index is 810. The van der Waals surface area contributed by atoms with Crippen molar-refractivity contribution in [2.75, 3.05) is 6.54 Å². The van der Waals surface area contributed by atoms with Gasteiger partial charge in [-0.1, -0.05) is 36.3 Å². The van der Waals surface area contributed by atoms with Crippen molar-refractivity contribution >= 4 is 11.8 Å². The second kappa shape index (κ2) is 9.03. The van der Waals surface area contributed by atoms with Gasteiger partial charge in [-0.15, -0.1) is 0 Å². The van der Waals surface area contributed by atoms with Crippen LogP contribution in [0.15, 0.2) is 42.5 Å². The second-order valence-electron chi connectivity index (χ2n) is 5.10. The Morgan fingerprint density at radius 1 is 1.28 bits per heavy atom. The number of benzene rings is 1. The highest BCUT2D eigenvalue weighted by Gasteiger charge is 2.10. The zero-order valence-corrected chi connectivity index (χ0v) is 13.7. The largest absolute Gasteiger partial charge is 0.445 e. The summed E-state index contributed by atoms with van der Waals surface area (Å²) in [6, 6.07) is 12.3. The van der Waals surface area contributed by atoms with E-state index in [1.54, 1.807) is 6.92 Å². The number of ether oxygens (including phenoxy) is 1. The molecule has 0 spiro atoms. The summed E-state index contributed by atoms with van der Waals surface area (Å²) in [7, 11) is 0. The van der Waals surface area contributed by atoms with Crippen molar-refractivity contribution in [2.24, 2.45) is 0 Å². The number of pyridine rings is 1. The van der Waals surface area contributed by atoms with E-state index in [-0.39, 0.29) is 12.3 Å². The van der Waals surface area contributed by atoms with E-state index < -0.39 is 11.0 Å². The van der Waals surface area contributed by atoms with Crippen LogP contribution < -0.4 is 5.32 Å². The molecule has 0 fully saturated rings. The van der Waals surface area contributed by atoms with Gasteiger partial charge in [-0.25, -0.2) is 9.78 Å². The summed E-state index contributed by atoms with van der Waals surface area (Å²) in [5, 5.41) is 13.3. The molecule has 0 saturated carbocycles. The summed E-state index contributed by atoms with van der Waals surface area (Å²) in [5.41, 5.74) is 1.65. The minimum atomic E-state index is -0.505. The van der Waals surface area contributed by atoms with Gasteiger partial charge in [0.25, 0.3) is 5.69 Å². The summed E-state index contributed by atoms with van der Waals surface area (Å²) < 4.78 is 5.07. The van der Waals surface area contributed by atoms with Crippen LogP contribution in [0.3, 0.4) is 0 Å². The van der Waals surface area contributed by atoms with Crippen molar-refractivity contribution < 1.29 is 14.5 Å². The first kappa shape index (κ1) is 17.9. The lowest BCUT2D eigenvalue weighted by molar-refractivity contribution is -0.385. The monoisotopic (exact) mass is 339 g/mol. The smallest absolute Gasteiger partial charge is 0.407 e. The van der Waals surface area contributed by atoms with E-state index in [4.69, 9.17) is 4.74 Å². The summed E-state index contributed by atoms with van der Waals surface area (Å²) in [6.07, 6.45) is -0.0898. The SMILES string of the molecule is Cc1nc(C#CCCNC(=O)OCc2ccccc2)ccc1[N+](=O)[O-]. The van der Waals surface area contributed by atoms with E-state index >= 15 is 0 Å². The van der Waals surface area contributed by atoms with Gasteiger partial charge in [-0.3, -0.25) is 10.1 Å². The number of nitrogens with zero attached hydrogens (tertiary/aromatic N) is 2. The molecule has 7 nitrogen and oxygen atoms in total. The van der Waals surface area contributed by atoms with Gasteiger partial charge in [-0.05, 0) is 24.5 Å². The normalized spacial score (nSPS) is 9.64. The predicted octanol–water partition coefficient (Wildman–Crippen LogP) is 2.97. The Hall–Kier alpha value is -3.40. The van der Waals surface area contributed by atoms with Crippen molar-refractivity contribution in [1.29, 1.82) is 0 Å². The molecule has 1 aromatic heterocycles. The molecule has 0 aliphatic heterocycles. The van der Waals surface area contributed by atoms with Crippen molar-refractivity contribution in [3.05, 3.63) is 69.5 Å². The highest BCUT2D eigenvalue weighted by molar-refractivity contribution is 5.67. The zero-order chi connectivity index (χ0) is 18.1. The van der Waals surface area contributed by atoms with Gasteiger partial charge in [0.05, 0.1) is 4.92 Å². The quantitative estimate of drug-likeness (QED) is 0.391. The lowest BCUT2D eigenvalue weighted by Gasteiger charge is -2.05. The number of nitro groups is 1. The topological polar surface area (TPSA) is 94.4 Å². The average molecular weight is 339 g/mol. The highest BCUT2D eigenvalue weighted by atomic mass is 16.6. The molecule has 25 heavy (non-hydrogen) atoms. The highest BCUT2D eigenvalue weighted by Crippen LogP contribution is 2.14. The minimum Gasteiger partial charge on any atom is -0.445 e. The van der Waals surface area contributed by atoms with Gasteiger partial charge < -0.3 is 10.1 Å². The summed E-state index contributed by atoms with van der Waals surface area (Å²) in [5.74, 6) is 5.66. The standard InChI is InChI=1S/C18H17N3O4/c1-14-17(21(23)24)11-10-16(20-14)9-5-6-12-19-18(22)25-13-15-7-3-2-4-8-15/h2-4,7-8,10-11H,6,12-13H2,1H3,(H,19,22). The maximum atomic E-state index is 11.5. The van der Waals surface area contributed by atoms with Gasteiger partial charge in [0, 0.05) is 19.0 Å². The van der Waals surface area contributed by atoms with Crippen LogP contribution in [0.5, 0.6) is 0 Å². The first-order chi connectivity index (χ1) is 12.1. The van der Waals surface area contributed by atoms with Crippen LogP contribution in [0.2, 0.25) is 0 Å². The zero-order valence-electron chi connectivity index (χ0n) is 13.7. The molecule has 1 aromatic carbocycles. The number of rotatable bonds is 5. The van der Waals surface area contributed by atoms with E-state index in [1.165, 1.54) is 12.1 Å². The van der Waals surface area contributed by atoms with E-state index in [9.17, 15) is 14.9 Å². The van der Waals surface area contributed by atoms with Gasteiger partial charge in [0.15, 0.2) is 0 Å². The first-order valence-corrected chi connectivity index (χ1v) is 7.61. The van der Waals surface area contributed by atoms with Crippen LogP contribution >= 0.6 is 0 Å². The third kappa shape index (κ3) is 5.95. The van der Waals surface area contributed by atoms with Gasteiger partial charge >= 0.3 is 6.09 Å². The maximum Gasteiger partial charge on any atom is 0.407 e. The molecule has 0 atom stereocenters. The van der Waals surface area contributed by atoms with Crippen LogP contribution in [-0.2, 0) is 11.3 Å². The van der Waals surface area contributed by atoms with Gasteiger partial charge in [-0.2, -0.15) is 0 Å². The average Bonchev–Trinajstić information content (AvgIpc) is 2.60. The Morgan fingerprint density at radius 3 is 2.72 bits per heavy atom. The fraction of sp³-hybridized carbons (Fsp3) is 0.222. The summed E-state index contributed by atoms with van der Waals surface area (Å²) >= 11 is 0. The minimum absolute atomic E-state index is 0.0339. The van der Waals surface area contributed by atoms with Crippen molar-refractivity contribution in [3.8, 4) is 11.8 Å². The molecular weight excluding hydrogens is 322 g/mol. The predicted molar refractivity (Wildman–Crippen MR) is 91.8 cm³/mol. The van der Waals surface area contributed by atoms with E-state index in [0.717, 1.165) is 5.56 Å². The molecule has 0 radical (unpaired) electrons. The number of nitrogens with one attached hydrogen (secondary N) is 1. The molecule has 0 bridgehead atoms. The third-order valence-electron chi connectivity index (χ3n) is 3.20. The fourth-order valence-electron chi connectivity index (χ4n) is 1.97. The Kier molecular flexibility index (Phi) is 6.48. The molecule has 128 valence electrons. The lowest BCUT2D eigenvalue weighted by Crippen LogP contribution is -2.24. The molecule has 2 aromatic rings. The molecule has 0 unspecified atom stereocenters. The van der Waals surface area contributed by atoms with Crippen LogP contribution in [0, 0.1) is 28.9 Å². The molecule has 1 amide bonds. The number of amides is 1. The van der Waals surface area contributed by atoms with Crippen molar-refractivity contribution in [3.63, 3.8) is 0 Å². The van der Waals surface area contributed by atoms with Crippen LogP contribution in [0.1, 0.15) is 23.4 Å². The molecular formula is C18H17N3O4. The number of carbonyl (C=O) groups is 1. The lowest BCUT2D eigenvalue weighted by atomic mass is 10.2. The number of hydrogen-bond acceptors (Lipinski definition) is 5. The van der Waals surface area contributed by atoms with Gasteiger partial charge in [0.2, 0.25) is 0 Å². The van der Waals surface area contributed by atoms with E-state index in [2.05, 4.69) is 22.1 Å². The number of aromatic nitrogens is 1. The third-order valence-corrected chi connectivity index (χ3v) is 3.20. The molecule has 0 aliphatic rings. The maximum absolute atomic E-state index is 11.5. The van der Waals surface area contributed by atoms with Crippen LogP contribution in [0.4, 0.5) is 10.5 Å². The Balaban J connectivity index is 1.72. The fourth-order valence-corrected chi connectivity index (χ4v) is 1.97. The number of alkyl carbamates (subject to hydrolysis) is 1. The molecule has 0 saturated heterocycles. The molecule has 1 N–H and O–H groups in total. The Morgan fingerprint density at radius 2 is 2.04 bits per heavy atom. The van der Waals surface area contributed by atoms with E-state index in [0.29, 0.717) is 24.4 Å². The van der Waals surface area contributed by atoms with Crippen molar-refractivity contribution in [2.45, 2.75) is 20.0 Å². The molecule has 1 heterocycles. The van der Waals surface area contributed by atoms with Crippen LogP contribution in [-0.4, -0.2) is 22.5 Å².